The Hall–Kier alpha value is -2.99. The molecule has 1 unspecified atom stereocenters. The zero-order valence-electron chi connectivity index (χ0n) is 15.2. The molecule has 1 aliphatic rings. The van der Waals surface area contributed by atoms with Crippen LogP contribution in [-0.2, 0) is 11.3 Å². The molecular weight excluding hydrogens is 338 g/mol. The number of carbonyl (C=O) groups excluding carboxylic acids is 1. The summed E-state index contributed by atoms with van der Waals surface area (Å²) >= 11 is 0. The Morgan fingerprint density at radius 1 is 1.11 bits per heavy atom. The molecule has 2 aromatic carbocycles. The Morgan fingerprint density at radius 3 is 2.67 bits per heavy atom. The van der Waals surface area contributed by atoms with Gasteiger partial charge in [-0.3, -0.25) is 9.69 Å². The quantitative estimate of drug-likeness (QED) is 0.758. The Balaban J connectivity index is 1.35. The number of aromatic nitrogens is 3. The van der Waals surface area contributed by atoms with Crippen molar-refractivity contribution in [3.8, 4) is 5.69 Å². The molecule has 0 spiro atoms. The fourth-order valence-corrected chi connectivity index (χ4v) is 3.54. The number of nitrogens with one attached hydrogen (secondary N) is 1. The van der Waals surface area contributed by atoms with Crippen LogP contribution in [0.5, 0.6) is 0 Å². The Labute approximate surface area is 158 Å². The van der Waals surface area contributed by atoms with E-state index in [0.29, 0.717) is 0 Å². The smallest absolute Gasteiger partial charge is 0.228 e. The topological polar surface area (TPSA) is 63.1 Å². The average Bonchev–Trinajstić information content (AvgIpc) is 3.24. The maximum absolute atomic E-state index is 12.7. The third-order valence-corrected chi connectivity index (χ3v) is 4.94. The van der Waals surface area contributed by atoms with E-state index in [2.05, 4.69) is 44.6 Å². The largest absolute Gasteiger partial charge is 0.326 e. The predicted molar refractivity (Wildman–Crippen MR) is 104 cm³/mol. The number of piperidine rings is 1. The van der Waals surface area contributed by atoms with Crippen molar-refractivity contribution in [2.45, 2.75) is 19.4 Å². The van der Waals surface area contributed by atoms with Gasteiger partial charge in [0, 0.05) is 18.8 Å². The van der Waals surface area contributed by atoms with E-state index in [1.54, 1.807) is 11.0 Å². The van der Waals surface area contributed by atoms with Crippen LogP contribution in [0.1, 0.15) is 18.4 Å². The number of hydrogen-bond acceptors (Lipinski definition) is 4. The highest BCUT2D eigenvalue weighted by Gasteiger charge is 2.25. The third-order valence-electron chi connectivity index (χ3n) is 4.94. The van der Waals surface area contributed by atoms with Crippen molar-refractivity contribution in [1.82, 2.24) is 19.7 Å². The molecule has 1 saturated heterocycles. The summed E-state index contributed by atoms with van der Waals surface area (Å²) in [7, 11) is 0. The molecule has 1 atom stereocenters. The summed E-state index contributed by atoms with van der Waals surface area (Å²) < 4.78 is 1.69. The predicted octanol–water partition coefficient (Wildman–Crippen LogP) is 3.12. The van der Waals surface area contributed by atoms with Crippen LogP contribution in [0.2, 0.25) is 0 Å². The summed E-state index contributed by atoms with van der Waals surface area (Å²) in [5.74, 6) is 0.124. The molecule has 3 aromatic rings. The van der Waals surface area contributed by atoms with Crippen LogP contribution in [-0.4, -0.2) is 38.7 Å². The molecule has 27 heavy (non-hydrogen) atoms. The summed E-state index contributed by atoms with van der Waals surface area (Å²) in [6.45, 7) is 2.75. The van der Waals surface area contributed by atoms with Gasteiger partial charge in [0.1, 0.15) is 12.7 Å². The van der Waals surface area contributed by atoms with Crippen LogP contribution >= 0.6 is 0 Å². The molecule has 0 saturated carbocycles. The highest BCUT2D eigenvalue weighted by atomic mass is 16.1. The van der Waals surface area contributed by atoms with Crippen LogP contribution in [0, 0.1) is 5.92 Å². The Bertz CT molecular complexity index is 861. The molecule has 1 aliphatic heterocycles. The first-order chi connectivity index (χ1) is 13.3. The van der Waals surface area contributed by atoms with Crippen molar-refractivity contribution < 1.29 is 4.79 Å². The van der Waals surface area contributed by atoms with Crippen molar-refractivity contribution in [1.29, 1.82) is 0 Å². The zero-order valence-corrected chi connectivity index (χ0v) is 15.2. The van der Waals surface area contributed by atoms with Crippen molar-refractivity contribution in [3.63, 3.8) is 0 Å². The third kappa shape index (κ3) is 4.41. The first kappa shape index (κ1) is 17.4. The highest BCUT2D eigenvalue weighted by molar-refractivity contribution is 5.92. The molecule has 2 heterocycles. The van der Waals surface area contributed by atoms with Crippen molar-refractivity contribution >= 4 is 11.6 Å². The van der Waals surface area contributed by atoms with Gasteiger partial charge >= 0.3 is 0 Å². The molecule has 6 heteroatoms. The molecule has 0 bridgehead atoms. The summed E-state index contributed by atoms with van der Waals surface area (Å²) in [6, 6.07) is 18.1. The van der Waals surface area contributed by atoms with Crippen LogP contribution in [0.15, 0.2) is 67.3 Å². The maximum Gasteiger partial charge on any atom is 0.228 e. The SMILES string of the molecule is O=C(Nc1ccc(-n2cncn2)cc1)C1CCCN(Cc2ccccc2)C1. The lowest BCUT2D eigenvalue weighted by atomic mass is 9.96. The minimum atomic E-state index is 0.0254. The molecular formula is C21H23N5O. The standard InChI is InChI=1S/C21H23N5O/c27-21(24-19-8-10-20(11-9-19)26-16-22-15-23-26)18-7-4-12-25(14-18)13-17-5-2-1-3-6-17/h1-3,5-6,8-11,15-16,18H,4,7,12-14H2,(H,24,27). The van der Waals surface area contributed by atoms with E-state index in [1.165, 1.54) is 11.9 Å². The van der Waals surface area contributed by atoms with E-state index in [9.17, 15) is 4.79 Å². The minimum absolute atomic E-state index is 0.0254. The number of benzene rings is 2. The molecule has 6 nitrogen and oxygen atoms in total. The molecule has 1 aromatic heterocycles. The van der Waals surface area contributed by atoms with Gasteiger partial charge in [-0.2, -0.15) is 5.10 Å². The lowest BCUT2D eigenvalue weighted by molar-refractivity contribution is -0.121. The average molecular weight is 361 g/mol. The minimum Gasteiger partial charge on any atom is -0.326 e. The number of hydrogen-bond donors (Lipinski definition) is 1. The van der Waals surface area contributed by atoms with Crippen LogP contribution in [0.3, 0.4) is 0 Å². The highest BCUT2D eigenvalue weighted by Crippen LogP contribution is 2.21. The van der Waals surface area contributed by atoms with Crippen LogP contribution in [0.4, 0.5) is 5.69 Å². The van der Waals surface area contributed by atoms with Crippen LogP contribution < -0.4 is 5.32 Å². The molecule has 1 amide bonds. The molecule has 1 fully saturated rings. The second kappa shape index (κ2) is 8.14. The number of nitrogens with zero attached hydrogens (tertiary/aromatic N) is 4. The summed E-state index contributed by atoms with van der Waals surface area (Å²) in [5.41, 5.74) is 3.02. The van der Waals surface area contributed by atoms with Gasteiger partial charge in [0.15, 0.2) is 0 Å². The summed E-state index contributed by atoms with van der Waals surface area (Å²) in [4.78, 5) is 19.0. The monoisotopic (exact) mass is 361 g/mol. The summed E-state index contributed by atoms with van der Waals surface area (Å²) in [6.07, 6.45) is 5.14. The Kier molecular flexibility index (Phi) is 5.25. The molecule has 0 radical (unpaired) electrons. The second-order valence-corrected chi connectivity index (χ2v) is 6.94. The van der Waals surface area contributed by atoms with E-state index in [1.807, 2.05) is 30.3 Å². The van der Waals surface area contributed by atoms with Gasteiger partial charge in [-0.25, -0.2) is 9.67 Å². The summed E-state index contributed by atoms with van der Waals surface area (Å²) in [5, 5.41) is 7.16. The Morgan fingerprint density at radius 2 is 1.93 bits per heavy atom. The number of rotatable bonds is 5. The zero-order chi connectivity index (χ0) is 18.5. The van der Waals surface area contributed by atoms with Gasteiger partial charge in [0.2, 0.25) is 5.91 Å². The number of likely N-dealkylation sites (tertiary alicyclic amines) is 1. The first-order valence-electron chi connectivity index (χ1n) is 9.30. The van der Waals surface area contributed by atoms with Crippen molar-refractivity contribution in [2.75, 3.05) is 18.4 Å². The van der Waals surface area contributed by atoms with Crippen molar-refractivity contribution in [2.24, 2.45) is 5.92 Å². The van der Waals surface area contributed by atoms with E-state index in [0.717, 1.165) is 43.9 Å². The van der Waals surface area contributed by atoms with E-state index >= 15 is 0 Å². The van der Waals surface area contributed by atoms with Gasteiger partial charge in [-0.05, 0) is 49.2 Å². The van der Waals surface area contributed by atoms with E-state index in [4.69, 9.17) is 0 Å². The van der Waals surface area contributed by atoms with Crippen LogP contribution in [0.25, 0.3) is 5.69 Å². The number of carbonyl (C=O) groups is 1. The van der Waals surface area contributed by atoms with E-state index < -0.39 is 0 Å². The fraction of sp³-hybridized carbons (Fsp3) is 0.286. The molecule has 4 rings (SSSR count). The maximum atomic E-state index is 12.7. The molecule has 1 N–H and O–H groups in total. The lowest BCUT2D eigenvalue weighted by Crippen LogP contribution is -2.40. The van der Waals surface area contributed by atoms with Gasteiger partial charge in [0.25, 0.3) is 0 Å². The second-order valence-electron chi connectivity index (χ2n) is 6.94. The lowest BCUT2D eigenvalue weighted by Gasteiger charge is -2.32. The van der Waals surface area contributed by atoms with Gasteiger partial charge < -0.3 is 5.32 Å². The fourth-order valence-electron chi connectivity index (χ4n) is 3.54. The van der Waals surface area contributed by atoms with Crippen molar-refractivity contribution in [3.05, 3.63) is 72.8 Å². The van der Waals surface area contributed by atoms with Gasteiger partial charge in [-0.15, -0.1) is 0 Å². The number of anilines is 1. The normalized spacial score (nSPS) is 17.6. The van der Waals surface area contributed by atoms with E-state index in [-0.39, 0.29) is 11.8 Å². The molecule has 0 aliphatic carbocycles. The number of amides is 1. The van der Waals surface area contributed by atoms with Gasteiger partial charge in [-0.1, -0.05) is 30.3 Å². The molecule has 138 valence electrons. The first-order valence-corrected chi connectivity index (χ1v) is 9.30. The van der Waals surface area contributed by atoms with Gasteiger partial charge in [0.05, 0.1) is 11.6 Å².